The molecule has 0 aromatic carbocycles. The highest BCUT2D eigenvalue weighted by Gasteiger charge is 2.20. The third-order valence-corrected chi connectivity index (χ3v) is 3.62. The van der Waals surface area contributed by atoms with Crippen LogP contribution in [0.4, 0.5) is 0 Å². The van der Waals surface area contributed by atoms with E-state index in [2.05, 4.69) is 10.5 Å². The molecule has 1 saturated carbocycles. The van der Waals surface area contributed by atoms with Crippen LogP contribution in [0.15, 0.2) is 12.4 Å². The number of nitrogens with one attached hydrogen (secondary N) is 1. The lowest BCUT2D eigenvalue weighted by Gasteiger charge is -2.25. The van der Waals surface area contributed by atoms with Crippen molar-refractivity contribution in [1.29, 1.82) is 0 Å². The van der Waals surface area contributed by atoms with Crippen molar-refractivity contribution in [3.8, 4) is 0 Å². The number of hydrogen-bond acceptors (Lipinski definition) is 3. The fourth-order valence-electron chi connectivity index (χ4n) is 2.68. The number of rotatable bonds is 4. The highest BCUT2D eigenvalue weighted by molar-refractivity contribution is 5.10. The summed E-state index contributed by atoms with van der Waals surface area (Å²) in [5, 5.41) is 4.20. The molecule has 2 rings (SSSR count). The maximum Gasteiger partial charge on any atom is 0.0538 e. The highest BCUT2D eigenvalue weighted by atomic mass is 15.3. The normalized spacial score (nSPS) is 19.9. The summed E-state index contributed by atoms with van der Waals surface area (Å²) >= 11 is 0. The van der Waals surface area contributed by atoms with E-state index in [-0.39, 0.29) is 6.04 Å². The Morgan fingerprint density at radius 2 is 2.25 bits per heavy atom. The van der Waals surface area contributed by atoms with Crippen LogP contribution in [-0.2, 0) is 7.05 Å². The van der Waals surface area contributed by atoms with Gasteiger partial charge in [0.2, 0.25) is 0 Å². The van der Waals surface area contributed by atoms with Gasteiger partial charge >= 0.3 is 0 Å². The first kappa shape index (κ1) is 11.6. The fourth-order valence-corrected chi connectivity index (χ4v) is 2.68. The minimum absolute atomic E-state index is 0.261. The zero-order valence-corrected chi connectivity index (χ0v) is 10.0. The summed E-state index contributed by atoms with van der Waals surface area (Å²) in [6, 6.07) is 0.261. The van der Waals surface area contributed by atoms with Gasteiger partial charge in [-0.05, 0) is 12.3 Å². The number of nitrogens with two attached hydrogens (primary N) is 1. The molecule has 1 aromatic rings. The van der Waals surface area contributed by atoms with Gasteiger partial charge in [-0.3, -0.25) is 16.0 Å². The van der Waals surface area contributed by atoms with Crippen molar-refractivity contribution >= 4 is 0 Å². The van der Waals surface area contributed by atoms with E-state index in [0.717, 1.165) is 12.3 Å². The van der Waals surface area contributed by atoms with Gasteiger partial charge < -0.3 is 0 Å². The van der Waals surface area contributed by atoms with Crippen LogP contribution in [0.3, 0.4) is 0 Å². The third-order valence-electron chi connectivity index (χ3n) is 3.62. The molecule has 16 heavy (non-hydrogen) atoms. The summed E-state index contributed by atoms with van der Waals surface area (Å²) in [5.74, 6) is 6.47. The van der Waals surface area contributed by atoms with E-state index in [1.165, 1.54) is 37.7 Å². The molecule has 0 saturated heterocycles. The van der Waals surface area contributed by atoms with Gasteiger partial charge in [0.15, 0.2) is 0 Å². The van der Waals surface area contributed by atoms with Crippen molar-refractivity contribution in [3.05, 3.63) is 18.0 Å². The molecule has 3 N–H and O–H groups in total. The summed E-state index contributed by atoms with van der Waals surface area (Å²) in [6.07, 6.45) is 12.0. The lowest BCUT2D eigenvalue weighted by Crippen LogP contribution is -2.30. The van der Waals surface area contributed by atoms with Crippen molar-refractivity contribution < 1.29 is 0 Å². The van der Waals surface area contributed by atoms with Crippen LogP contribution in [0, 0.1) is 5.92 Å². The number of aromatic nitrogens is 2. The van der Waals surface area contributed by atoms with Gasteiger partial charge in [0.25, 0.3) is 0 Å². The molecule has 1 aromatic heterocycles. The summed E-state index contributed by atoms with van der Waals surface area (Å²) in [6.45, 7) is 0. The first-order valence-corrected chi connectivity index (χ1v) is 6.24. The van der Waals surface area contributed by atoms with Crippen molar-refractivity contribution in [1.82, 2.24) is 15.2 Å². The number of hydrazine groups is 1. The zero-order chi connectivity index (χ0) is 11.4. The monoisotopic (exact) mass is 222 g/mol. The minimum Gasteiger partial charge on any atom is -0.275 e. The molecule has 0 radical (unpaired) electrons. The average Bonchev–Trinajstić information content (AvgIpc) is 2.74. The quantitative estimate of drug-likeness (QED) is 0.604. The minimum atomic E-state index is 0.261. The van der Waals surface area contributed by atoms with E-state index >= 15 is 0 Å². The molecule has 1 atom stereocenters. The SMILES string of the molecule is Cn1cc(C(CC2CCCCC2)NN)cn1. The topological polar surface area (TPSA) is 55.9 Å². The second kappa shape index (κ2) is 5.46. The van der Waals surface area contributed by atoms with Gasteiger partial charge in [0.05, 0.1) is 6.20 Å². The molecule has 0 spiro atoms. The maximum atomic E-state index is 5.64. The van der Waals surface area contributed by atoms with Crippen LogP contribution in [0.2, 0.25) is 0 Å². The molecule has 0 amide bonds. The molecule has 1 heterocycles. The van der Waals surface area contributed by atoms with Gasteiger partial charge in [-0.2, -0.15) is 5.10 Å². The molecular formula is C12H22N4. The second-order valence-electron chi connectivity index (χ2n) is 4.91. The molecule has 4 heteroatoms. The summed E-state index contributed by atoms with van der Waals surface area (Å²) in [4.78, 5) is 0. The Labute approximate surface area is 97.2 Å². The highest BCUT2D eigenvalue weighted by Crippen LogP contribution is 2.31. The predicted octanol–water partition coefficient (Wildman–Crippen LogP) is 1.89. The van der Waals surface area contributed by atoms with Crippen LogP contribution in [0.5, 0.6) is 0 Å². The molecule has 4 nitrogen and oxygen atoms in total. The Morgan fingerprint density at radius 1 is 1.50 bits per heavy atom. The van der Waals surface area contributed by atoms with Crippen molar-refractivity contribution in [3.63, 3.8) is 0 Å². The Kier molecular flexibility index (Phi) is 3.96. The Morgan fingerprint density at radius 3 is 2.81 bits per heavy atom. The zero-order valence-electron chi connectivity index (χ0n) is 10.0. The fraction of sp³-hybridized carbons (Fsp3) is 0.750. The number of hydrogen-bond donors (Lipinski definition) is 2. The summed E-state index contributed by atoms with van der Waals surface area (Å²) in [5.41, 5.74) is 4.13. The van der Waals surface area contributed by atoms with E-state index in [9.17, 15) is 0 Å². The smallest absolute Gasteiger partial charge is 0.0538 e. The van der Waals surface area contributed by atoms with Crippen LogP contribution in [0.25, 0.3) is 0 Å². The van der Waals surface area contributed by atoms with Crippen LogP contribution in [-0.4, -0.2) is 9.78 Å². The third kappa shape index (κ3) is 2.83. The van der Waals surface area contributed by atoms with E-state index in [1.807, 2.05) is 24.1 Å². The molecule has 1 aliphatic carbocycles. The number of aryl methyl sites for hydroxylation is 1. The van der Waals surface area contributed by atoms with Gasteiger partial charge in [-0.1, -0.05) is 32.1 Å². The summed E-state index contributed by atoms with van der Waals surface area (Å²) < 4.78 is 1.83. The van der Waals surface area contributed by atoms with Gasteiger partial charge in [0.1, 0.15) is 0 Å². The number of nitrogens with zero attached hydrogens (tertiary/aromatic N) is 2. The molecule has 1 aliphatic rings. The molecule has 1 unspecified atom stereocenters. The van der Waals surface area contributed by atoms with Gasteiger partial charge in [-0.25, -0.2) is 0 Å². The van der Waals surface area contributed by atoms with Crippen molar-refractivity contribution in [2.24, 2.45) is 18.8 Å². The van der Waals surface area contributed by atoms with Crippen LogP contribution >= 0.6 is 0 Å². The second-order valence-corrected chi connectivity index (χ2v) is 4.91. The molecular weight excluding hydrogens is 200 g/mol. The van der Waals surface area contributed by atoms with Crippen molar-refractivity contribution in [2.75, 3.05) is 0 Å². The van der Waals surface area contributed by atoms with Gasteiger partial charge in [0, 0.05) is 24.8 Å². The molecule has 90 valence electrons. The Bertz CT molecular complexity index is 315. The maximum absolute atomic E-state index is 5.64. The van der Waals surface area contributed by atoms with E-state index in [1.54, 1.807) is 0 Å². The van der Waals surface area contributed by atoms with E-state index in [0.29, 0.717) is 0 Å². The Hall–Kier alpha value is -0.870. The first-order chi connectivity index (χ1) is 7.79. The van der Waals surface area contributed by atoms with Crippen LogP contribution in [0.1, 0.15) is 50.1 Å². The van der Waals surface area contributed by atoms with E-state index < -0.39 is 0 Å². The average molecular weight is 222 g/mol. The van der Waals surface area contributed by atoms with E-state index in [4.69, 9.17) is 5.84 Å². The Balaban J connectivity index is 1.94. The van der Waals surface area contributed by atoms with Crippen LogP contribution < -0.4 is 11.3 Å². The molecule has 0 aliphatic heterocycles. The molecule has 0 bridgehead atoms. The largest absolute Gasteiger partial charge is 0.275 e. The summed E-state index contributed by atoms with van der Waals surface area (Å²) in [7, 11) is 1.94. The lowest BCUT2D eigenvalue weighted by atomic mass is 9.84. The lowest BCUT2D eigenvalue weighted by molar-refractivity contribution is 0.301. The molecule has 1 fully saturated rings. The standard InChI is InChI=1S/C12H22N4/c1-16-9-11(8-14-16)12(15-13)7-10-5-3-2-4-6-10/h8-10,12,15H,2-7,13H2,1H3. The predicted molar refractivity (Wildman–Crippen MR) is 64.5 cm³/mol. The van der Waals surface area contributed by atoms with Gasteiger partial charge in [-0.15, -0.1) is 0 Å². The van der Waals surface area contributed by atoms with Crippen molar-refractivity contribution in [2.45, 2.75) is 44.6 Å². The first-order valence-electron chi connectivity index (χ1n) is 6.24.